The van der Waals surface area contributed by atoms with Gasteiger partial charge in [0, 0.05) is 26.1 Å². The SMILES string of the molecule is NCc1cccc(CNC(=O)CCN2CCCCC2)c1. The van der Waals surface area contributed by atoms with E-state index in [0.29, 0.717) is 19.5 Å². The lowest BCUT2D eigenvalue weighted by Crippen LogP contribution is -2.34. The molecule has 0 saturated carbocycles. The number of benzene rings is 1. The summed E-state index contributed by atoms with van der Waals surface area (Å²) in [5.74, 6) is 0.133. The predicted molar refractivity (Wildman–Crippen MR) is 81.1 cm³/mol. The van der Waals surface area contributed by atoms with Crippen molar-refractivity contribution in [1.29, 1.82) is 0 Å². The molecule has 1 saturated heterocycles. The van der Waals surface area contributed by atoms with Crippen LogP contribution in [0.2, 0.25) is 0 Å². The summed E-state index contributed by atoms with van der Waals surface area (Å²) in [5.41, 5.74) is 7.82. The highest BCUT2D eigenvalue weighted by Gasteiger charge is 2.11. The van der Waals surface area contributed by atoms with Crippen LogP contribution in [0.5, 0.6) is 0 Å². The van der Waals surface area contributed by atoms with Crippen LogP contribution in [0.4, 0.5) is 0 Å². The van der Waals surface area contributed by atoms with E-state index in [1.54, 1.807) is 0 Å². The Morgan fingerprint density at radius 3 is 2.70 bits per heavy atom. The molecule has 1 heterocycles. The molecule has 1 fully saturated rings. The van der Waals surface area contributed by atoms with Gasteiger partial charge < -0.3 is 16.0 Å². The number of amides is 1. The minimum Gasteiger partial charge on any atom is -0.352 e. The molecule has 2 rings (SSSR count). The zero-order valence-corrected chi connectivity index (χ0v) is 12.1. The largest absolute Gasteiger partial charge is 0.352 e. The van der Waals surface area contributed by atoms with E-state index in [-0.39, 0.29) is 5.91 Å². The van der Waals surface area contributed by atoms with Gasteiger partial charge in [0.1, 0.15) is 0 Å². The molecular formula is C16H25N3O. The molecule has 4 nitrogen and oxygen atoms in total. The van der Waals surface area contributed by atoms with Gasteiger partial charge >= 0.3 is 0 Å². The molecule has 1 aromatic rings. The molecule has 20 heavy (non-hydrogen) atoms. The number of rotatable bonds is 6. The number of carbonyl (C=O) groups is 1. The van der Waals surface area contributed by atoms with E-state index in [1.807, 2.05) is 24.3 Å². The van der Waals surface area contributed by atoms with Crippen molar-refractivity contribution in [3.63, 3.8) is 0 Å². The van der Waals surface area contributed by atoms with Gasteiger partial charge in [-0.15, -0.1) is 0 Å². The molecular weight excluding hydrogens is 250 g/mol. The topological polar surface area (TPSA) is 58.4 Å². The fraction of sp³-hybridized carbons (Fsp3) is 0.562. The Bertz CT molecular complexity index is 427. The number of nitrogens with two attached hydrogens (primary N) is 1. The van der Waals surface area contributed by atoms with Crippen LogP contribution in [0.1, 0.15) is 36.8 Å². The molecule has 0 unspecified atom stereocenters. The number of nitrogens with zero attached hydrogens (tertiary/aromatic N) is 1. The van der Waals surface area contributed by atoms with Crippen LogP contribution in [-0.4, -0.2) is 30.4 Å². The fourth-order valence-corrected chi connectivity index (χ4v) is 2.60. The molecule has 1 aliphatic rings. The maximum absolute atomic E-state index is 11.9. The van der Waals surface area contributed by atoms with Crippen molar-refractivity contribution in [2.45, 2.75) is 38.8 Å². The van der Waals surface area contributed by atoms with E-state index in [0.717, 1.165) is 30.8 Å². The zero-order chi connectivity index (χ0) is 14.2. The number of nitrogens with one attached hydrogen (secondary N) is 1. The first kappa shape index (κ1) is 15.0. The standard InChI is InChI=1S/C16H25N3O/c17-12-14-5-4-6-15(11-14)13-18-16(20)7-10-19-8-2-1-3-9-19/h4-6,11H,1-3,7-10,12-13,17H2,(H,18,20). The lowest BCUT2D eigenvalue weighted by molar-refractivity contribution is -0.121. The van der Waals surface area contributed by atoms with Crippen molar-refractivity contribution < 1.29 is 4.79 Å². The lowest BCUT2D eigenvalue weighted by atomic mass is 10.1. The van der Waals surface area contributed by atoms with Crippen LogP contribution in [0.15, 0.2) is 24.3 Å². The maximum atomic E-state index is 11.9. The monoisotopic (exact) mass is 275 g/mol. The molecule has 0 spiro atoms. The number of likely N-dealkylation sites (tertiary alicyclic amines) is 1. The van der Waals surface area contributed by atoms with E-state index < -0.39 is 0 Å². The van der Waals surface area contributed by atoms with E-state index in [1.165, 1.54) is 19.3 Å². The average Bonchev–Trinajstić information content (AvgIpc) is 2.52. The van der Waals surface area contributed by atoms with E-state index in [4.69, 9.17) is 5.73 Å². The Balaban J connectivity index is 1.68. The first-order valence-electron chi connectivity index (χ1n) is 7.55. The number of hydrogen-bond acceptors (Lipinski definition) is 3. The summed E-state index contributed by atoms with van der Waals surface area (Å²) in [4.78, 5) is 14.2. The van der Waals surface area contributed by atoms with E-state index in [2.05, 4.69) is 10.2 Å². The summed E-state index contributed by atoms with van der Waals surface area (Å²) >= 11 is 0. The van der Waals surface area contributed by atoms with Gasteiger partial charge in [-0.2, -0.15) is 0 Å². The third kappa shape index (κ3) is 4.94. The Hall–Kier alpha value is -1.39. The van der Waals surface area contributed by atoms with Crippen LogP contribution >= 0.6 is 0 Å². The van der Waals surface area contributed by atoms with Gasteiger partial charge in [-0.05, 0) is 37.1 Å². The van der Waals surface area contributed by atoms with Crippen LogP contribution in [0.25, 0.3) is 0 Å². The summed E-state index contributed by atoms with van der Waals surface area (Å²) in [7, 11) is 0. The van der Waals surface area contributed by atoms with Gasteiger partial charge in [0.05, 0.1) is 0 Å². The Morgan fingerprint density at radius 1 is 1.20 bits per heavy atom. The maximum Gasteiger partial charge on any atom is 0.221 e. The van der Waals surface area contributed by atoms with Gasteiger partial charge in [0.25, 0.3) is 0 Å². The average molecular weight is 275 g/mol. The summed E-state index contributed by atoms with van der Waals surface area (Å²) < 4.78 is 0. The number of piperidine rings is 1. The Morgan fingerprint density at radius 2 is 1.95 bits per heavy atom. The minimum atomic E-state index is 0.133. The molecule has 1 aromatic carbocycles. The molecule has 4 heteroatoms. The quantitative estimate of drug-likeness (QED) is 0.830. The van der Waals surface area contributed by atoms with Gasteiger partial charge in [-0.25, -0.2) is 0 Å². The number of carbonyl (C=O) groups excluding carboxylic acids is 1. The van der Waals surface area contributed by atoms with Crippen LogP contribution < -0.4 is 11.1 Å². The van der Waals surface area contributed by atoms with Crippen LogP contribution in [0.3, 0.4) is 0 Å². The van der Waals surface area contributed by atoms with Gasteiger partial charge in [-0.1, -0.05) is 30.7 Å². The molecule has 110 valence electrons. The molecule has 0 radical (unpaired) electrons. The minimum absolute atomic E-state index is 0.133. The fourth-order valence-electron chi connectivity index (χ4n) is 2.60. The van der Waals surface area contributed by atoms with Crippen molar-refractivity contribution in [1.82, 2.24) is 10.2 Å². The van der Waals surface area contributed by atoms with Crippen molar-refractivity contribution >= 4 is 5.91 Å². The Kier molecular flexibility index (Phi) is 6.02. The van der Waals surface area contributed by atoms with Gasteiger partial charge in [0.15, 0.2) is 0 Å². The predicted octanol–water partition coefficient (Wildman–Crippen LogP) is 1.64. The molecule has 0 aromatic heterocycles. The number of hydrogen-bond donors (Lipinski definition) is 2. The first-order valence-corrected chi connectivity index (χ1v) is 7.55. The Labute approximate surface area is 121 Å². The molecule has 3 N–H and O–H groups in total. The highest BCUT2D eigenvalue weighted by atomic mass is 16.1. The molecule has 1 aliphatic heterocycles. The second-order valence-electron chi connectivity index (χ2n) is 5.45. The molecule has 0 bridgehead atoms. The van der Waals surface area contributed by atoms with E-state index >= 15 is 0 Å². The smallest absolute Gasteiger partial charge is 0.221 e. The molecule has 0 atom stereocenters. The molecule has 1 amide bonds. The highest BCUT2D eigenvalue weighted by molar-refractivity contribution is 5.76. The summed E-state index contributed by atoms with van der Waals surface area (Å²) in [6.07, 6.45) is 4.47. The van der Waals surface area contributed by atoms with Crippen molar-refractivity contribution in [3.8, 4) is 0 Å². The highest BCUT2D eigenvalue weighted by Crippen LogP contribution is 2.09. The van der Waals surface area contributed by atoms with Crippen molar-refractivity contribution in [3.05, 3.63) is 35.4 Å². The second kappa shape index (κ2) is 8.02. The summed E-state index contributed by atoms with van der Waals surface area (Å²) in [6, 6.07) is 8.05. The van der Waals surface area contributed by atoms with Crippen LogP contribution in [0, 0.1) is 0 Å². The third-order valence-electron chi connectivity index (χ3n) is 3.82. The second-order valence-corrected chi connectivity index (χ2v) is 5.45. The van der Waals surface area contributed by atoms with Crippen LogP contribution in [-0.2, 0) is 17.9 Å². The third-order valence-corrected chi connectivity index (χ3v) is 3.82. The van der Waals surface area contributed by atoms with Gasteiger partial charge in [0.2, 0.25) is 5.91 Å². The van der Waals surface area contributed by atoms with Crippen molar-refractivity contribution in [2.24, 2.45) is 5.73 Å². The molecule has 0 aliphatic carbocycles. The lowest BCUT2D eigenvalue weighted by Gasteiger charge is -2.25. The summed E-state index contributed by atoms with van der Waals surface area (Å²) in [6.45, 7) is 4.30. The zero-order valence-electron chi connectivity index (χ0n) is 12.1. The normalized spacial score (nSPS) is 16.1. The summed E-state index contributed by atoms with van der Waals surface area (Å²) in [5, 5.41) is 2.98. The van der Waals surface area contributed by atoms with Crippen molar-refractivity contribution in [2.75, 3.05) is 19.6 Å². The van der Waals surface area contributed by atoms with E-state index in [9.17, 15) is 4.79 Å². The van der Waals surface area contributed by atoms with Gasteiger partial charge in [-0.3, -0.25) is 4.79 Å². The first-order chi connectivity index (χ1) is 9.78.